The van der Waals surface area contributed by atoms with E-state index in [0.29, 0.717) is 6.42 Å². The van der Waals surface area contributed by atoms with Crippen molar-refractivity contribution in [3.05, 3.63) is 54.1 Å². The second-order valence-electron chi connectivity index (χ2n) is 7.00. The van der Waals surface area contributed by atoms with Gasteiger partial charge in [0.25, 0.3) is 0 Å². The van der Waals surface area contributed by atoms with Gasteiger partial charge in [0.05, 0.1) is 7.11 Å². The van der Waals surface area contributed by atoms with E-state index >= 15 is 0 Å². The molecule has 3 nitrogen and oxygen atoms in total. The average Bonchev–Trinajstić information content (AvgIpc) is 2.70. The van der Waals surface area contributed by atoms with Gasteiger partial charge < -0.3 is 9.47 Å². The van der Waals surface area contributed by atoms with Crippen LogP contribution in [-0.4, -0.2) is 13.1 Å². The van der Waals surface area contributed by atoms with Gasteiger partial charge in [-0.1, -0.05) is 75.4 Å². The number of ether oxygens (including phenoxy) is 2. The number of esters is 1. The lowest BCUT2D eigenvalue weighted by atomic mass is 10.0. The average molecular weight is 369 g/mol. The van der Waals surface area contributed by atoms with Crippen LogP contribution in [0.25, 0.3) is 11.1 Å². The predicted molar refractivity (Wildman–Crippen MR) is 111 cm³/mol. The Hall–Kier alpha value is -2.29. The number of unbranched alkanes of at least 4 members (excludes halogenated alkanes) is 5. The highest BCUT2D eigenvalue weighted by Gasteiger charge is 2.11. The van der Waals surface area contributed by atoms with Gasteiger partial charge in [0.15, 0.2) is 0 Å². The Morgan fingerprint density at radius 1 is 0.852 bits per heavy atom. The van der Waals surface area contributed by atoms with E-state index in [0.717, 1.165) is 35.3 Å². The Morgan fingerprint density at radius 3 is 2.00 bits per heavy atom. The quantitative estimate of drug-likeness (QED) is 0.326. The molecule has 0 aliphatic carbocycles. The van der Waals surface area contributed by atoms with Crippen LogP contribution in [-0.2, 0) is 9.53 Å². The smallest absolute Gasteiger partial charge is 0.306 e. The minimum Gasteiger partial charge on any atom is -0.497 e. The fourth-order valence-corrected chi connectivity index (χ4v) is 3.10. The molecule has 0 radical (unpaired) electrons. The molecule has 0 saturated heterocycles. The monoisotopic (exact) mass is 368 g/mol. The van der Waals surface area contributed by atoms with Crippen LogP contribution in [0.2, 0.25) is 0 Å². The lowest BCUT2D eigenvalue weighted by Crippen LogP contribution is -2.08. The third-order valence-corrected chi connectivity index (χ3v) is 4.85. The maximum atomic E-state index is 12.0. The minimum absolute atomic E-state index is 0.0998. The lowest BCUT2D eigenvalue weighted by Gasteiger charge is -2.14. The van der Waals surface area contributed by atoms with Gasteiger partial charge in [-0.25, -0.2) is 0 Å². The molecule has 0 bridgehead atoms. The summed E-state index contributed by atoms with van der Waals surface area (Å²) in [6.45, 7) is 4.14. The predicted octanol–water partition coefficient (Wildman–Crippen LogP) is 6.72. The molecule has 2 aromatic carbocycles. The first kappa shape index (κ1) is 21.0. The van der Waals surface area contributed by atoms with Crippen molar-refractivity contribution in [1.82, 2.24) is 0 Å². The fraction of sp³-hybridized carbons (Fsp3) is 0.458. The number of methoxy groups -OCH3 is 1. The zero-order valence-electron chi connectivity index (χ0n) is 16.9. The Kier molecular flexibility index (Phi) is 8.90. The summed E-state index contributed by atoms with van der Waals surface area (Å²) in [5.74, 6) is 0.749. The second-order valence-corrected chi connectivity index (χ2v) is 7.00. The highest BCUT2D eigenvalue weighted by Crippen LogP contribution is 2.25. The lowest BCUT2D eigenvalue weighted by molar-refractivity contribution is -0.148. The minimum atomic E-state index is -0.220. The number of carbonyl (C=O) groups is 1. The third kappa shape index (κ3) is 7.09. The van der Waals surface area contributed by atoms with E-state index in [2.05, 4.69) is 19.1 Å². The van der Waals surface area contributed by atoms with Gasteiger partial charge in [-0.15, -0.1) is 0 Å². The molecule has 0 fully saturated rings. The van der Waals surface area contributed by atoms with Gasteiger partial charge in [-0.3, -0.25) is 4.79 Å². The Balaban J connectivity index is 1.80. The number of rotatable bonds is 11. The van der Waals surface area contributed by atoms with Crippen molar-refractivity contribution in [1.29, 1.82) is 0 Å². The summed E-state index contributed by atoms with van der Waals surface area (Å²) < 4.78 is 10.8. The van der Waals surface area contributed by atoms with E-state index in [1.807, 2.05) is 43.3 Å². The summed E-state index contributed by atoms with van der Waals surface area (Å²) in [6.07, 6.45) is 7.34. The van der Waals surface area contributed by atoms with E-state index in [-0.39, 0.29) is 12.1 Å². The maximum absolute atomic E-state index is 12.0. The number of benzene rings is 2. The first-order valence-electron chi connectivity index (χ1n) is 10.1. The molecule has 1 atom stereocenters. The van der Waals surface area contributed by atoms with Crippen LogP contribution in [0.15, 0.2) is 48.5 Å². The van der Waals surface area contributed by atoms with Gasteiger partial charge in [0, 0.05) is 6.42 Å². The van der Waals surface area contributed by atoms with Crippen molar-refractivity contribution >= 4 is 5.97 Å². The molecule has 0 amide bonds. The Morgan fingerprint density at radius 2 is 1.41 bits per heavy atom. The van der Waals surface area contributed by atoms with Crippen LogP contribution in [0.5, 0.6) is 5.75 Å². The SMILES string of the molecule is CCCCCCCCC(=O)OC(C)c1ccc(-c2ccc(OC)cc2)cc1. The summed E-state index contributed by atoms with van der Waals surface area (Å²) in [5, 5.41) is 0. The van der Waals surface area contributed by atoms with Crippen LogP contribution in [0.4, 0.5) is 0 Å². The van der Waals surface area contributed by atoms with Crippen molar-refractivity contribution in [2.75, 3.05) is 7.11 Å². The standard InChI is InChI=1S/C24H32O3/c1-4-5-6-7-8-9-10-24(25)27-19(2)20-11-13-21(14-12-20)22-15-17-23(26-3)18-16-22/h11-19H,4-10H2,1-3H3. The van der Waals surface area contributed by atoms with Gasteiger partial charge >= 0.3 is 5.97 Å². The third-order valence-electron chi connectivity index (χ3n) is 4.85. The van der Waals surface area contributed by atoms with E-state index in [1.54, 1.807) is 7.11 Å². The van der Waals surface area contributed by atoms with Crippen molar-refractivity contribution in [2.24, 2.45) is 0 Å². The molecule has 146 valence electrons. The molecule has 2 aromatic rings. The molecular weight excluding hydrogens is 336 g/mol. The van der Waals surface area contributed by atoms with Gasteiger partial charge in [0.2, 0.25) is 0 Å². The van der Waals surface area contributed by atoms with Crippen LogP contribution in [0, 0.1) is 0 Å². The van der Waals surface area contributed by atoms with Crippen molar-refractivity contribution in [3.63, 3.8) is 0 Å². The zero-order valence-corrected chi connectivity index (χ0v) is 16.9. The molecule has 0 heterocycles. The summed E-state index contributed by atoms with van der Waals surface area (Å²) in [7, 11) is 1.67. The first-order valence-corrected chi connectivity index (χ1v) is 10.1. The zero-order chi connectivity index (χ0) is 19.5. The second kappa shape index (κ2) is 11.4. The van der Waals surface area contributed by atoms with E-state index < -0.39 is 0 Å². The Bertz CT molecular complexity index is 674. The molecule has 0 spiro atoms. The van der Waals surface area contributed by atoms with Crippen LogP contribution >= 0.6 is 0 Å². The normalized spacial score (nSPS) is 11.8. The molecular formula is C24H32O3. The van der Waals surface area contributed by atoms with E-state index in [9.17, 15) is 4.79 Å². The molecule has 1 unspecified atom stereocenters. The molecule has 0 N–H and O–H groups in total. The van der Waals surface area contributed by atoms with Gasteiger partial charge in [0.1, 0.15) is 11.9 Å². The summed E-state index contributed by atoms with van der Waals surface area (Å²) >= 11 is 0. The van der Waals surface area contributed by atoms with Crippen molar-refractivity contribution in [2.45, 2.75) is 64.9 Å². The van der Waals surface area contributed by atoms with Crippen molar-refractivity contribution < 1.29 is 14.3 Å². The van der Waals surface area contributed by atoms with Gasteiger partial charge in [-0.2, -0.15) is 0 Å². The largest absolute Gasteiger partial charge is 0.497 e. The van der Waals surface area contributed by atoms with E-state index in [1.165, 1.54) is 25.7 Å². The molecule has 0 aromatic heterocycles. The fourth-order valence-electron chi connectivity index (χ4n) is 3.10. The summed E-state index contributed by atoms with van der Waals surface area (Å²) in [5.41, 5.74) is 3.28. The Labute approximate surface area is 163 Å². The molecule has 0 aliphatic heterocycles. The number of hydrogen-bond acceptors (Lipinski definition) is 3. The van der Waals surface area contributed by atoms with Crippen molar-refractivity contribution in [3.8, 4) is 16.9 Å². The molecule has 0 saturated carbocycles. The van der Waals surface area contributed by atoms with Gasteiger partial charge in [-0.05, 0) is 42.2 Å². The molecule has 27 heavy (non-hydrogen) atoms. The summed E-state index contributed by atoms with van der Waals surface area (Å²) in [4.78, 5) is 12.0. The summed E-state index contributed by atoms with van der Waals surface area (Å²) in [6, 6.07) is 16.2. The number of hydrogen-bond donors (Lipinski definition) is 0. The number of carbonyl (C=O) groups excluding carboxylic acids is 1. The molecule has 0 aliphatic rings. The van der Waals surface area contributed by atoms with E-state index in [4.69, 9.17) is 9.47 Å². The topological polar surface area (TPSA) is 35.5 Å². The maximum Gasteiger partial charge on any atom is 0.306 e. The van der Waals surface area contributed by atoms with Crippen LogP contribution in [0.1, 0.15) is 70.5 Å². The highest BCUT2D eigenvalue weighted by molar-refractivity contribution is 5.69. The molecule has 3 heteroatoms. The molecule has 2 rings (SSSR count). The van der Waals surface area contributed by atoms with Crippen LogP contribution < -0.4 is 4.74 Å². The van der Waals surface area contributed by atoms with Crippen LogP contribution in [0.3, 0.4) is 0 Å². The first-order chi connectivity index (χ1) is 13.1. The highest BCUT2D eigenvalue weighted by atomic mass is 16.5.